The Bertz CT molecular complexity index is 1650. The summed E-state index contributed by atoms with van der Waals surface area (Å²) in [6.07, 6.45) is 0.0916. The van der Waals surface area contributed by atoms with Crippen LogP contribution >= 0.6 is 56.7 Å². The minimum atomic E-state index is -1.24. The molecule has 0 atom stereocenters. The first kappa shape index (κ1) is 28.9. The summed E-state index contributed by atoms with van der Waals surface area (Å²) in [5.41, 5.74) is 1.51. The molecule has 0 fully saturated rings. The molecule has 0 N–H and O–H groups in total. The zero-order valence-corrected chi connectivity index (χ0v) is 25.4. The summed E-state index contributed by atoms with van der Waals surface area (Å²) in [7, 11) is 2.65. The zero-order valence-electron chi connectivity index (χ0n) is 21.3. The Morgan fingerprint density at radius 1 is 0.561 bits per heavy atom. The van der Waals surface area contributed by atoms with E-state index in [4.69, 9.17) is 9.47 Å². The fourth-order valence-corrected chi connectivity index (χ4v) is 9.48. The lowest BCUT2D eigenvalue weighted by molar-refractivity contribution is -0.255. The van der Waals surface area contributed by atoms with E-state index in [1.54, 1.807) is 12.1 Å². The highest BCUT2D eigenvalue weighted by Gasteiger charge is 2.21. The lowest BCUT2D eigenvalue weighted by Crippen LogP contribution is -2.20. The summed E-state index contributed by atoms with van der Waals surface area (Å²) >= 11 is 6.59. The molecule has 13 heteroatoms. The van der Waals surface area contributed by atoms with Crippen LogP contribution in [-0.2, 0) is 31.9 Å². The topological polar surface area (TPSA) is 133 Å². The summed E-state index contributed by atoms with van der Waals surface area (Å²) < 4.78 is 9.80. The number of rotatable bonds is 10. The van der Waals surface area contributed by atoms with Gasteiger partial charge >= 0.3 is 11.9 Å². The second kappa shape index (κ2) is 12.1. The first-order chi connectivity index (χ1) is 19.7. The van der Waals surface area contributed by atoms with Crippen LogP contribution in [0.3, 0.4) is 0 Å². The van der Waals surface area contributed by atoms with Crippen LogP contribution in [0.1, 0.15) is 30.5 Å². The Balaban J connectivity index is 1.55. The Hall–Kier alpha value is -3.62. The molecule has 0 saturated heterocycles. The molecule has 5 heterocycles. The third kappa shape index (κ3) is 6.19. The van der Waals surface area contributed by atoms with Crippen molar-refractivity contribution in [3.8, 4) is 39.0 Å². The molecule has 0 spiro atoms. The first-order valence-electron chi connectivity index (χ1n) is 11.8. The molecule has 210 valence electrons. The van der Waals surface area contributed by atoms with Crippen molar-refractivity contribution in [3.63, 3.8) is 0 Å². The largest absolute Gasteiger partial charge is 0.544 e. The monoisotopic (exact) mass is 642 g/mol. The van der Waals surface area contributed by atoms with Crippen molar-refractivity contribution in [1.82, 2.24) is 0 Å². The molecule has 8 nitrogen and oxygen atoms in total. The normalized spacial score (nSPS) is 11.0. The lowest BCUT2D eigenvalue weighted by Gasteiger charge is -2.02. The molecular formula is C28H18O8S5-2. The summed E-state index contributed by atoms with van der Waals surface area (Å²) in [5.74, 6) is -3.28. The number of hydrogen-bond donors (Lipinski definition) is 0. The van der Waals surface area contributed by atoms with E-state index in [9.17, 15) is 29.4 Å². The molecule has 5 rings (SSSR count). The van der Waals surface area contributed by atoms with Gasteiger partial charge in [0.15, 0.2) is 0 Å². The van der Waals surface area contributed by atoms with E-state index in [-0.39, 0.29) is 22.6 Å². The summed E-state index contributed by atoms with van der Waals surface area (Å²) in [6.45, 7) is 0. The highest BCUT2D eigenvalue weighted by atomic mass is 32.1. The third-order valence-corrected chi connectivity index (χ3v) is 12.2. The summed E-state index contributed by atoms with van der Waals surface area (Å²) in [6, 6.07) is 14.1. The molecule has 0 bridgehead atoms. The molecule has 5 aromatic heterocycles. The minimum Gasteiger partial charge on any atom is -0.544 e. The second-order valence-electron chi connectivity index (χ2n) is 8.50. The number of carbonyl (C=O) groups excluding carboxylic acids is 4. The van der Waals surface area contributed by atoms with Gasteiger partial charge in [0.05, 0.1) is 48.8 Å². The number of ether oxygens (including phenoxy) is 2. The van der Waals surface area contributed by atoms with Crippen molar-refractivity contribution in [2.45, 2.75) is 12.8 Å². The van der Waals surface area contributed by atoms with E-state index in [0.717, 1.165) is 72.8 Å². The molecule has 0 aliphatic heterocycles. The van der Waals surface area contributed by atoms with E-state index >= 15 is 0 Å². The molecule has 0 saturated carbocycles. The predicted octanol–water partition coefficient (Wildman–Crippen LogP) is 4.82. The minimum absolute atomic E-state index is 0.0458. The Kier molecular flexibility index (Phi) is 8.52. The number of carboxylic acids is 2. The average molecular weight is 643 g/mol. The van der Waals surface area contributed by atoms with Crippen LogP contribution in [0.4, 0.5) is 0 Å². The van der Waals surface area contributed by atoms with Gasteiger partial charge < -0.3 is 29.3 Å². The smallest absolute Gasteiger partial charge is 0.310 e. The zero-order chi connectivity index (χ0) is 29.3. The number of carboxylic acid groups (broad SMARTS) is 2. The number of aromatic carboxylic acids is 2. The van der Waals surface area contributed by atoms with Crippen molar-refractivity contribution >= 4 is 80.6 Å². The Morgan fingerprint density at radius 2 is 0.951 bits per heavy atom. The van der Waals surface area contributed by atoms with E-state index in [1.807, 2.05) is 24.3 Å². The standard InChI is InChI=1S/C28H20O8S5/c1-35-23(29)11-13-9-21(15-3-7-19(37-15)27(31)32)40-25(13)17-5-6-18(39-17)26-14(12-24(30)36-2)10-22(41-26)16-4-8-20(38-16)28(33)34/h3-10H,11-12H2,1-2H3,(H,31,32)(H,33,34)/p-2. The highest BCUT2D eigenvalue weighted by Crippen LogP contribution is 2.48. The number of thiophene rings is 5. The van der Waals surface area contributed by atoms with Gasteiger partial charge in [-0.25, -0.2) is 0 Å². The number of methoxy groups -OCH3 is 2. The van der Waals surface area contributed by atoms with Crippen LogP contribution in [0.15, 0.2) is 48.5 Å². The van der Waals surface area contributed by atoms with Crippen LogP contribution in [0, 0.1) is 0 Å². The SMILES string of the molecule is COC(=O)Cc1cc(-c2ccc(C(=O)[O-])s2)sc1-c1ccc(-c2sc(-c3ccc(C(=O)[O-])s3)cc2CC(=O)OC)s1. The number of carbonyl (C=O) groups is 4. The van der Waals surface area contributed by atoms with Crippen molar-refractivity contribution in [2.75, 3.05) is 14.2 Å². The fourth-order valence-electron chi connectivity index (χ4n) is 3.98. The van der Waals surface area contributed by atoms with Gasteiger partial charge in [0.1, 0.15) is 0 Å². The van der Waals surface area contributed by atoms with Crippen LogP contribution < -0.4 is 10.2 Å². The molecule has 41 heavy (non-hydrogen) atoms. The van der Waals surface area contributed by atoms with Gasteiger partial charge in [0.25, 0.3) is 0 Å². The second-order valence-corrected chi connectivity index (χ2v) is 13.9. The highest BCUT2D eigenvalue weighted by molar-refractivity contribution is 7.30. The maximum absolute atomic E-state index is 12.2. The lowest BCUT2D eigenvalue weighted by atomic mass is 10.1. The number of esters is 2. The molecule has 0 amide bonds. The van der Waals surface area contributed by atoms with Crippen LogP contribution in [-0.4, -0.2) is 38.1 Å². The quantitative estimate of drug-likeness (QED) is 0.198. The van der Waals surface area contributed by atoms with Gasteiger partial charge in [-0.1, -0.05) is 0 Å². The maximum Gasteiger partial charge on any atom is 0.310 e. The van der Waals surface area contributed by atoms with Crippen LogP contribution in [0.5, 0.6) is 0 Å². The van der Waals surface area contributed by atoms with Gasteiger partial charge in [-0.15, -0.1) is 56.7 Å². The average Bonchev–Trinajstić information content (AvgIpc) is 3.76. The van der Waals surface area contributed by atoms with Crippen molar-refractivity contribution in [1.29, 1.82) is 0 Å². The van der Waals surface area contributed by atoms with E-state index < -0.39 is 23.9 Å². The Labute approximate surface area is 253 Å². The van der Waals surface area contributed by atoms with Crippen molar-refractivity contribution in [2.24, 2.45) is 0 Å². The van der Waals surface area contributed by atoms with Crippen molar-refractivity contribution < 1.29 is 38.9 Å². The molecule has 5 aromatic rings. The third-order valence-electron chi connectivity index (χ3n) is 5.90. The summed E-state index contributed by atoms with van der Waals surface area (Å²) in [4.78, 5) is 53.8. The van der Waals surface area contributed by atoms with E-state index in [1.165, 1.54) is 60.4 Å². The molecule has 0 aromatic carbocycles. The molecule has 0 aliphatic carbocycles. The van der Waals surface area contributed by atoms with Crippen LogP contribution in [0.25, 0.3) is 39.0 Å². The predicted molar refractivity (Wildman–Crippen MR) is 158 cm³/mol. The van der Waals surface area contributed by atoms with Gasteiger partial charge in [-0.2, -0.15) is 0 Å². The number of hydrogen-bond acceptors (Lipinski definition) is 13. The molecule has 0 aliphatic rings. The molecular weight excluding hydrogens is 625 g/mol. The van der Waals surface area contributed by atoms with Crippen molar-refractivity contribution in [3.05, 3.63) is 69.4 Å². The summed E-state index contributed by atoms with van der Waals surface area (Å²) in [5, 5.41) is 22.6. The van der Waals surface area contributed by atoms with Gasteiger partial charge in [-0.3, -0.25) is 9.59 Å². The van der Waals surface area contributed by atoms with E-state index in [0.29, 0.717) is 0 Å². The molecule has 0 unspecified atom stereocenters. The first-order valence-corrected chi connectivity index (χ1v) is 15.9. The van der Waals surface area contributed by atoms with E-state index in [2.05, 4.69) is 0 Å². The maximum atomic E-state index is 12.2. The van der Waals surface area contributed by atoms with Gasteiger partial charge in [-0.05, 0) is 59.7 Å². The van der Waals surface area contributed by atoms with Gasteiger partial charge in [0.2, 0.25) is 0 Å². The Morgan fingerprint density at radius 3 is 1.29 bits per heavy atom. The fraction of sp³-hybridized carbons (Fsp3) is 0.143. The van der Waals surface area contributed by atoms with Crippen LogP contribution in [0.2, 0.25) is 0 Å². The van der Waals surface area contributed by atoms with Gasteiger partial charge in [0, 0.05) is 39.0 Å². The molecule has 0 radical (unpaired) electrons.